The molecule has 2 aliphatic heterocycles. The van der Waals surface area contributed by atoms with Gasteiger partial charge in [0.05, 0.1) is 6.54 Å². The lowest BCUT2D eigenvalue weighted by molar-refractivity contribution is -0.132. The number of carbonyl (C=O) groups excluding carboxylic acids is 1. The summed E-state index contributed by atoms with van der Waals surface area (Å²) in [4.78, 5) is 16.7. The molecular weight excluding hydrogens is 226 g/mol. The predicted octanol–water partition coefficient (Wildman–Crippen LogP) is 0.930. The van der Waals surface area contributed by atoms with Gasteiger partial charge in [-0.3, -0.25) is 9.69 Å². The summed E-state index contributed by atoms with van der Waals surface area (Å²) in [5, 5.41) is 3.34. The number of nitrogens with one attached hydrogen (secondary N) is 1. The molecule has 18 heavy (non-hydrogen) atoms. The first kappa shape index (κ1) is 13.8. The van der Waals surface area contributed by atoms with Crippen molar-refractivity contribution in [3.05, 3.63) is 0 Å². The second kappa shape index (κ2) is 7.10. The molecule has 0 aromatic carbocycles. The Bertz CT molecular complexity index is 262. The standard InChI is InChI=1S/C14H27N3O/c1-2-13-5-3-8-16(11-13)12-14(18)17-9-4-6-15-7-10-17/h13,15H,2-12H2,1H3. The third-order valence-electron chi connectivity index (χ3n) is 4.23. The van der Waals surface area contributed by atoms with E-state index in [-0.39, 0.29) is 0 Å². The highest BCUT2D eigenvalue weighted by Crippen LogP contribution is 2.18. The number of carbonyl (C=O) groups is 1. The highest BCUT2D eigenvalue weighted by molar-refractivity contribution is 5.78. The Morgan fingerprint density at radius 3 is 2.94 bits per heavy atom. The normalized spacial score (nSPS) is 26.9. The van der Waals surface area contributed by atoms with Crippen molar-refractivity contribution >= 4 is 5.91 Å². The summed E-state index contributed by atoms with van der Waals surface area (Å²) in [6, 6.07) is 0. The molecular formula is C14H27N3O. The molecule has 0 aromatic rings. The molecule has 104 valence electrons. The molecule has 0 saturated carbocycles. The van der Waals surface area contributed by atoms with Gasteiger partial charge in [0.25, 0.3) is 0 Å². The van der Waals surface area contributed by atoms with Crippen LogP contribution in [0.2, 0.25) is 0 Å². The predicted molar refractivity (Wildman–Crippen MR) is 73.5 cm³/mol. The smallest absolute Gasteiger partial charge is 0.236 e. The summed E-state index contributed by atoms with van der Waals surface area (Å²) in [6.45, 7) is 8.92. The topological polar surface area (TPSA) is 35.6 Å². The van der Waals surface area contributed by atoms with Crippen LogP contribution in [0.1, 0.15) is 32.6 Å². The zero-order valence-corrected chi connectivity index (χ0v) is 11.7. The molecule has 2 heterocycles. The third-order valence-corrected chi connectivity index (χ3v) is 4.23. The molecule has 0 aromatic heterocycles. The SMILES string of the molecule is CCC1CCCN(CC(=O)N2CCCNCC2)C1. The summed E-state index contributed by atoms with van der Waals surface area (Å²) < 4.78 is 0. The molecule has 4 heteroatoms. The molecule has 0 aliphatic carbocycles. The Hall–Kier alpha value is -0.610. The van der Waals surface area contributed by atoms with Gasteiger partial charge in [-0.05, 0) is 38.3 Å². The first-order chi connectivity index (χ1) is 8.79. The minimum absolute atomic E-state index is 0.329. The first-order valence-electron chi connectivity index (χ1n) is 7.50. The fourth-order valence-electron chi connectivity index (χ4n) is 3.01. The maximum absolute atomic E-state index is 12.3. The number of rotatable bonds is 3. The summed E-state index contributed by atoms with van der Waals surface area (Å²) >= 11 is 0. The number of likely N-dealkylation sites (tertiary alicyclic amines) is 1. The van der Waals surface area contributed by atoms with Gasteiger partial charge in [0, 0.05) is 26.2 Å². The number of nitrogens with zero attached hydrogens (tertiary/aromatic N) is 2. The monoisotopic (exact) mass is 253 g/mol. The molecule has 0 bridgehead atoms. The summed E-state index contributed by atoms with van der Waals surface area (Å²) in [7, 11) is 0. The average Bonchev–Trinajstić information content (AvgIpc) is 2.68. The third kappa shape index (κ3) is 3.95. The van der Waals surface area contributed by atoms with E-state index in [2.05, 4.69) is 17.1 Å². The molecule has 2 rings (SSSR count). The van der Waals surface area contributed by atoms with E-state index in [1.807, 2.05) is 4.90 Å². The zero-order valence-electron chi connectivity index (χ0n) is 11.7. The second-order valence-corrected chi connectivity index (χ2v) is 5.64. The molecule has 0 radical (unpaired) electrons. The van der Waals surface area contributed by atoms with E-state index >= 15 is 0 Å². The van der Waals surface area contributed by atoms with Crippen molar-refractivity contribution in [2.45, 2.75) is 32.6 Å². The lowest BCUT2D eigenvalue weighted by atomic mass is 9.96. The van der Waals surface area contributed by atoms with Gasteiger partial charge in [0.1, 0.15) is 0 Å². The maximum atomic E-state index is 12.3. The highest BCUT2D eigenvalue weighted by Gasteiger charge is 2.23. The van der Waals surface area contributed by atoms with Crippen molar-refractivity contribution in [3.8, 4) is 0 Å². The van der Waals surface area contributed by atoms with E-state index < -0.39 is 0 Å². The van der Waals surface area contributed by atoms with Crippen LogP contribution in [0.4, 0.5) is 0 Å². The van der Waals surface area contributed by atoms with Gasteiger partial charge in [-0.1, -0.05) is 13.3 Å². The van der Waals surface area contributed by atoms with E-state index in [1.54, 1.807) is 0 Å². The molecule has 0 spiro atoms. The van der Waals surface area contributed by atoms with Crippen LogP contribution in [0.25, 0.3) is 0 Å². The zero-order chi connectivity index (χ0) is 12.8. The average molecular weight is 253 g/mol. The van der Waals surface area contributed by atoms with Crippen molar-refractivity contribution in [2.24, 2.45) is 5.92 Å². The molecule has 1 atom stereocenters. The van der Waals surface area contributed by atoms with Crippen LogP contribution in [0.5, 0.6) is 0 Å². The van der Waals surface area contributed by atoms with Gasteiger partial charge in [0.15, 0.2) is 0 Å². The number of hydrogen-bond acceptors (Lipinski definition) is 3. The van der Waals surface area contributed by atoms with Gasteiger partial charge in [-0.15, -0.1) is 0 Å². The van der Waals surface area contributed by atoms with E-state index in [4.69, 9.17) is 0 Å². The van der Waals surface area contributed by atoms with Crippen molar-refractivity contribution in [1.29, 1.82) is 0 Å². The fraction of sp³-hybridized carbons (Fsp3) is 0.929. The van der Waals surface area contributed by atoms with Crippen LogP contribution in [0, 0.1) is 5.92 Å². The van der Waals surface area contributed by atoms with Gasteiger partial charge >= 0.3 is 0 Å². The van der Waals surface area contributed by atoms with Crippen molar-refractivity contribution < 1.29 is 4.79 Å². The molecule has 1 unspecified atom stereocenters. The highest BCUT2D eigenvalue weighted by atomic mass is 16.2. The molecule has 2 aliphatic rings. The van der Waals surface area contributed by atoms with Crippen molar-refractivity contribution in [1.82, 2.24) is 15.1 Å². The number of amides is 1. The van der Waals surface area contributed by atoms with Gasteiger partial charge in [0.2, 0.25) is 5.91 Å². The van der Waals surface area contributed by atoms with E-state index in [0.717, 1.165) is 51.6 Å². The lowest BCUT2D eigenvalue weighted by Gasteiger charge is -2.33. The lowest BCUT2D eigenvalue weighted by Crippen LogP contribution is -2.45. The Morgan fingerprint density at radius 2 is 2.11 bits per heavy atom. The van der Waals surface area contributed by atoms with Crippen LogP contribution < -0.4 is 5.32 Å². The van der Waals surface area contributed by atoms with Crippen molar-refractivity contribution in [3.63, 3.8) is 0 Å². The Labute approximate surface area is 111 Å². The van der Waals surface area contributed by atoms with Crippen molar-refractivity contribution in [2.75, 3.05) is 45.8 Å². The van der Waals surface area contributed by atoms with Gasteiger partial charge < -0.3 is 10.2 Å². The number of piperidine rings is 1. The molecule has 2 fully saturated rings. The minimum Gasteiger partial charge on any atom is -0.340 e. The summed E-state index contributed by atoms with van der Waals surface area (Å²) in [6.07, 6.45) is 4.93. The second-order valence-electron chi connectivity index (χ2n) is 5.64. The van der Waals surface area contributed by atoms with Gasteiger partial charge in [-0.25, -0.2) is 0 Å². The maximum Gasteiger partial charge on any atom is 0.236 e. The Morgan fingerprint density at radius 1 is 1.22 bits per heavy atom. The Balaban J connectivity index is 1.78. The Kier molecular flexibility index (Phi) is 5.45. The molecule has 2 saturated heterocycles. The van der Waals surface area contributed by atoms with Crippen LogP contribution in [-0.4, -0.2) is 61.5 Å². The molecule has 1 N–H and O–H groups in total. The van der Waals surface area contributed by atoms with Crippen LogP contribution >= 0.6 is 0 Å². The largest absolute Gasteiger partial charge is 0.340 e. The van der Waals surface area contributed by atoms with Crippen LogP contribution in [0.15, 0.2) is 0 Å². The van der Waals surface area contributed by atoms with Gasteiger partial charge in [-0.2, -0.15) is 0 Å². The van der Waals surface area contributed by atoms with E-state index in [0.29, 0.717) is 12.5 Å². The van der Waals surface area contributed by atoms with E-state index in [9.17, 15) is 4.79 Å². The first-order valence-corrected chi connectivity index (χ1v) is 7.50. The summed E-state index contributed by atoms with van der Waals surface area (Å²) in [5.41, 5.74) is 0. The van der Waals surface area contributed by atoms with Crippen LogP contribution in [-0.2, 0) is 4.79 Å². The minimum atomic E-state index is 0.329. The van der Waals surface area contributed by atoms with Crippen LogP contribution in [0.3, 0.4) is 0 Å². The number of hydrogen-bond donors (Lipinski definition) is 1. The fourth-order valence-corrected chi connectivity index (χ4v) is 3.01. The summed E-state index contributed by atoms with van der Waals surface area (Å²) in [5.74, 6) is 1.13. The quantitative estimate of drug-likeness (QED) is 0.813. The molecule has 1 amide bonds. The van der Waals surface area contributed by atoms with E-state index in [1.165, 1.54) is 19.3 Å². The molecule has 4 nitrogen and oxygen atoms in total.